The van der Waals surface area contributed by atoms with Crippen molar-refractivity contribution in [1.82, 2.24) is 30.1 Å². The number of hydrogen-bond acceptors (Lipinski definition) is 8. The lowest BCUT2D eigenvalue weighted by Gasteiger charge is -2.36. The molecule has 2 saturated heterocycles. The number of imidazole rings is 1. The molecule has 2 aliphatic rings. The van der Waals surface area contributed by atoms with Gasteiger partial charge in [0.2, 0.25) is 0 Å². The third-order valence-electron chi connectivity index (χ3n) is 7.65. The van der Waals surface area contributed by atoms with Crippen molar-refractivity contribution in [3.05, 3.63) is 47.8 Å². The van der Waals surface area contributed by atoms with Crippen molar-refractivity contribution in [1.29, 1.82) is 0 Å². The predicted molar refractivity (Wildman–Crippen MR) is 162 cm³/mol. The minimum atomic E-state index is 0.392. The first-order valence-electron chi connectivity index (χ1n) is 13.7. The lowest BCUT2D eigenvalue weighted by Crippen LogP contribution is -2.48. The van der Waals surface area contributed by atoms with Crippen LogP contribution in [0.2, 0.25) is 5.02 Å². The topological polar surface area (TPSA) is 114 Å². The number of hydrogen-bond donors (Lipinski definition) is 4. The van der Waals surface area contributed by atoms with E-state index in [1.807, 2.05) is 0 Å². The van der Waals surface area contributed by atoms with E-state index in [2.05, 4.69) is 71.6 Å². The molecule has 208 valence electrons. The molecule has 0 unspecified atom stereocenters. The number of aliphatic imine (C=N–C) groups is 1. The van der Waals surface area contributed by atoms with E-state index in [0.717, 1.165) is 93.6 Å². The molecule has 0 atom stereocenters. The zero-order chi connectivity index (χ0) is 27.2. The molecule has 0 bridgehead atoms. The van der Waals surface area contributed by atoms with Gasteiger partial charge < -0.3 is 31.2 Å². The van der Waals surface area contributed by atoms with Gasteiger partial charge in [0.05, 0.1) is 16.9 Å². The maximum Gasteiger partial charge on any atom is 0.180 e. The fourth-order valence-corrected chi connectivity index (χ4v) is 5.47. The van der Waals surface area contributed by atoms with E-state index in [1.165, 1.54) is 11.9 Å². The molecule has 5 N–H and O–H groups in total. The number of piperazine rings is 1. The largest absolute Gasteiger partial charge is 0.404 e. The number of aromatic nitrogens is 3. The molecular formula is C28H39ClN10. The Morgan fingerprint density at radius 3 is 2.59 bits per heavy atom. The van der Waals surface area contributed by atoms with Gasteiger partial charge in [-0.2, -0.15) is 0 Å². The van der Waals surface area contributed by atoms with Crippen molar-refractivity contribution >= 4 is 40.0 Å². The molecule has 5 rings (SSSR count). The molecule has 4 heterocycles. The van der Waals surface area contributed by atoms with Crippen LogP contribution in [0.3, 0.4) is 0 Å². The summed E-state index contributed by atoms with van der Waals surface area (Å²) in [6.45, 7) is 8.03. The van der Waals surface area contributed by atoms with E-state index in [4.69, 9.17) is 22.3 Å². The number of benzene rings is 1. The van der Waals surface area contributed by atoms with Gasteiger partial charge in [-0.05, 0) is 69.5 Å². The van der Waals surface area contributed by atoms with Gasteiger partial charge in [-0.25, -0.2) is 9.97 Å². The van der Waals surface area contributed by atoms with Crippen LogP contribution in [0.5, 0.6) is 0 Å². The molecule has 2 aliphatic heterocycles. The summed E-state index contributed by atoms with van der Waals surface area (Å²) in [5.74, 6) is 1.61. The monoisotopic (exact) mass is 550 g/mol. The number of amidine groups is 1. The molecule has 1 aromatic carbocycles. The minimum absolute atomic E-state index is 0.392. The Kier molecular flexibility index (Phi) is 8.85. The van der Waals surface area contributed by atoms with Crippen LogP contribution in [0.1, 0.15) is 12.8 Å². The molecule has 0 radical (unpaired) electrons. The SMILES string of the molecule is CN=C(C=CN)NCCN1CCN(c2ccc(-c3nc4ncc(Cl)c(NC5CCN(C)CC5)c4[nH]3)cc2)CC1. The molecule has 39 heavy (non-hydrogen) atoms. The second-order valence-corrected chi connectivity index (χ2v) is 10.7. The molecule has 0 aliphatic carbocycles. The van der Waals surface area contributed by atoms with Crippen molar-refractivity contribution in [3.8, 4) is 11.4 Å². The van der Waals surface area contributed by atoms with Gasteiger partial charge in [0, 0.05) is 63.6 Å². The van der Waals surface area contributed by atoms with Crippen LogP contribution in [0.4, 0.5) is 11.4 Å². The summed E-state index contributed by atoms with van der Waals surface area (Å²) in [7, 11) is 3.93. The van der Waals surface area contributed by atoms with Crippen LogP contribution in [0.25, 0.3) is 22.6 Å². The van der Waals surface area contributed by atoms with Crippen molar-refractivity contribution in [2.75, 3.05) is 76.7 Å². The number of piperidine rings is 1. The highest BCUT2D eigenvalue weighted by Gasteiger charge is 2.21. The number of likely N-dealkylation sites (tertiary alicyclic amines) is 1. The van der Waals surface area contributed by atoms with Crippen LogP contribution in [-0.4, -0.2) is 103 Å². The Morgan fingerprint density at radius 2 is 1.90 bits per heavy atom. The van der Waals surface area contributed by atoms with Crippen molar-refractivity contribution in [2.24, 2.45) is 10.7 Å². The van der Waals surface area contributed by atoms with Gasteiger partial charge in [-0.15, -0.1) is 0 Å². The summed E-state index contributed by atoms with van der Waals surface area (Å²) in [5, 5.41) is 7.60. The summed E-state index contributed by atoms with van der Waals surface area (Å²) in [6, 6.07) is 9.02. The summed E-state index contributed by atoms with van der Waals surface area (Å²) in [5.41, 5.74) is 10.2. The Labute approximate surface area is 235 Å². The number of anilines is 2. The highest BCUT2D eigenvalue weighted by molar-refractivity contribution is 6.34. The first-order chi connectivity index (χ1) is 19.0. The summed E-state index contributed by atoms with van der Waals surface area (Å²) in [4.78, 5) is 24.2. The second-order valence-electron chi connectivity index (χ2n) is 10.3. The lowest BCUT2D eigenvalue weighted by molar-refractivity contribution is 0.262. The third-order valence-corrected chi connectivity index (χ3v) is 7.93. The fraction of sp³-hybridized carbons (Fsp3) is 0.464. The molecular weight excluding hydrogens is 512 g/mol. The highest BCUT2D eigenvalue weighted by Crippen LogP contribution is 2.32. The molecule has 11 heteroatoms. The lowest BCUT2D eigenvalue weighted by atomic mass is 10.1. The van der Waals surface area contributed by atoms with E-state index in [1.54, 1.807) is 19.3 Å². The van der Waals surface area contributed by atoms with Crippen LogP contribution in [-0.2, 0) is 0 Å². The van der Waals surface area contributed by atoms with E-state index in [0.29, 0.717) is 16.7 Å². The first-order valence-corrected chi connectivity index (χ1v) is 14.1. The predicted octanol–water partition coefficient (Wildman–Crippen LogP) is 3.00. The molecule has 0 spiro atoms. The molecule has 3 aromatic rings. The minimum Gasteiger partial charge on any atom is -0.404 e. The summed E-state index contributed by atoms with van der Waals surface area (Å²) >= 11 is 6.58. The fourth-order valence-electron chi connectivity index (χ4n) is 5.27. The van der Waals surface area contributed by atoms with Crippen molar-refractivity contribution < 1.29 is 0 Å². The van der Waals surface area contributed by atoms with E-state index in [-0.39, 0.29) is 0 Å². The second kappa shape index (κ2) is 12.7. The number of halogens is 1. The number of nitrogens with two attached hydrogens (primary N) is 1. The van der Waals surface area contributed by atoms with Gasteiger partial charge in [-0.1, -0.05) is 11.6 Å². The average Bonchev–Trinajstić information content (AvgIpc) is 3.40. The summed E-state index contributed by atoms with van der Waals surface area (Å²) in [6.07, 6.45) is 7.16. The number of nitrogens with zero attached hydrogens (tertiary/aromatic N) is 6. The number of fused-ring (bicyclic) bond motifs is 1. The smallest absolute Gasteiger partial charge is 0.180 e. The standard InChI is InChI=1S/C28H39ClN10/c1-31-24(7-10-30)32-11-14-38-15-17-39(18-16-38)22-5-3-20(4-6-22)27-35-26-25(23(29)19-33-28(26)36-27)34-21-8-12-37(2)13-9-21/h3-7,10,19,21H,8-9,11-18,30H2,1-2H3,(H,31,32)(H2,33,34,35,36). The highest BCUT2D eigenvalue weighted by atomic mass is 35.5. The van der Waals surface area contributed by atoms with Crippen LogP contribution in [0, 0.1) is 0 Å². The van der Waals surface area contributed by atoms with Gasteiger partial charge in [0.15, 0.2) is 5.65 Å². The number of nitrogens with one attached hydrogen (secondary N) is 3. The summed E-state index contributed by atoms with van der Waals surface area (Å²) < 4.78 is 0. The maximum atomic E-state index is 6.58. The van der Waals surface area contributed by atoms with Crippen molar-refractivity contribution in [2.45, 2.75) is 18.9 Å². The number of rotatable bonds is 8. The van der Waals surface area contributed by atoms with Crippen molar-refractivity contribution in [3.63, 3.8) is 0 Å². The zero-order valence-electron chi connectivity index (χ0n) is 22.8. The first kappa shape index (κ1) is 27.2. The van der Waals surface area contributed by atoms with E-state index in [9.17, 15) is 0 Å². The van der Waals surface area contributed by atoms with E-state index < -0.39 is 0 Å². The zero-order valence-corrected chi connectivity index (χ0v) is 23.6. The van der Waals surface area contributed by atoms with Crippen LogP contribution in [0.15, 0.2) is 47.7 Å². The van der Waals surface area contributed by atoms with Gasteiger partial charge in [0.1, 0.15) is 17.2 Å². The Morgan fingerprint density at radius 1 is 1.15 bits per heavy atom. The quantitative estimate of drug-likeness (QED) is 0.250. The Hall–Kier alpha value is -3.34. The van der Waals surface area contributed by atoms with Crippen LogP contribution >= 0.6 is 11.6 Å². The molecule has 2 fully saturated rings. The molecule has 0 amide bonds. The maximum absolute atomic E-state index is 6.58. The van der Waals surface area contributed by atoms with E-state index >= 15 is 0 Å². The van der Waals surface area contributed by atoms with Gasteiger partial charge in [0.25, 0.3) is 0 Å². The molecule has 2 aromatic heterocycles. The number of pyridine rings is 1. The third kappa shape index (κ3) is 6.63. The number of aromatic amines is 1. The molecule has 10 nitrogen and oxygen atoms in total. The Bertz CT molecular complexity index is 1290. The number of H-pyrrole nitrogens is 1. The average molecular weight is 551 g/mol. The normalized spacial score (nSPS) is 18.3. The van der Waals surface area contributed by atoms with Crippen LogP contribution < -0.4 is 21.3 Å². The van der Waals surface area contributed by atoms with Gasteiger partial charge in [-0.3, -0.25) is 9.89 Å². The molecule has 0 saturated carbocycles. The Balaban J connectivity index is 1.19. The van der Waals surface area contributed by atoms with Gasteiger partial charge >= 0.3 is 0 Å².